The van der Waals surface area contributed by atoms with Gasteiger partial charge in [-0.05, 0) is 25.3 Å². The lowest BCUT2D eigenvalue weighted by atomic mass is 10.0. The van der Waals surface area contributed by atoms with Crippen molar-refractivity contribution < 1.29 is 9.47 Å². The number of halogens is 1. The number of nitrogens with zero attached hydrogens (tertiary/aromatic N) is 2. The van der Waals surface area contributed by atoms with Gasteiger partial charge in [-0.3, -0.25) is 9.89 Å². The van der Waals surface area contributed by atoms with Gasteiger partial charge in [0, 0.05) is 46.4 Å². The molecule has 6 nitrogen and oxygen atoms in total. The molecule has 0 bridgehead atoms. The fraction of sp³-hybridized carbons (Fsp3) is 0.682. The van der Waals surface area contributed by atoms with Gasteiger partial charge in [0.1, 0.15) is 0 Å². The molecule has 1 unspecified atom stereocenters. The molecule has 29 heavy (non-hydrogen) atoms. The van der Waals surface area contributed by atoms with Crippen molar-refractivity contribution >= 4 is 29.9 Å². The van der Waals surface area contributed by atoms with Gasteiger partial charge in [-0.2, -0.15) is 0 Å². The van der Waals surface area contributed by atoms with Gasteiger partial charge in [-0.1, -0.05) is 43.2 Å². The molecule has 0 aliphatic carbocycles. The minimum absolute atomic E-state index is 0. The van der Waals surface area contributed by atoms with Crippen molar-refractivity contribution in [2.75, 3.05) is 59.7 Å². The summed E-state index contributed by atoms with van der Waals surface area (Å²) in [5.41, 5.74) is 2.63. The van der Waals surface area contributed by atoms with Crippen LogP contribution in [0.3, 0.4) is 0 Å². The Labute approximate surface area is 193 Å². The number of ether oxygens (including phenoxy) is 2. The largest absolute Gasteiger partial charge is 0.381 e. The molecule has 1 aliphatic heterocycles. The van der Waals surface area contributed by atoms with Crippen LogP contribution in [0.1, 0.15) is 43.4 Å². The summed E-state index contributed by atoms with van der Waals surface area (Å²) in [4.78, 5) is 6.87. The molecule has 1 saturated heterocycles. The van der Waals surface area contributed by atoms with Gasteiger partial charge < -0.3 is 20.1 Å². The van der Waals surface area contributed by atoms with Crippen molar-refractivity contribution in [3.63, 3.8) is 0 Å². The van der Waals surface area contributed by atoms with Gasteiger partial charge >= 0.3 is 0 Å². The molecular weight excluding hydrogens is 479 g/mol. The van der Waals surface area contributed by atoms with Gasteiger partial charge in [0.2, 0.25) is 0 Å². The maximum Gasteiger partial charge on any atom is 0.191 e. The lowest BCUT2D eigenvalue weighted by Crippen LogP contribution is -2.46. The Morgan fingerprint density at radius 2 is 1.97 bits per heavy atom. The summed E-state index contributed by atoms with van der Waals surface area (Å²) >= 11 is 0. The predicted octanol–water partition coefficient (Wildman–Crippen LogP) is 3.36. The van der Waals surface area contributed by atoms with Crippen molar-refractivity contribution in [3.8, 4) is 0 Å². The van der Waals surface area contributed by atoms with Crippen molar-refractivity contribution in [3.05, 3.63) is 35.4 Å². The second kappa shape index (κ2) is 15.9. The molecule has 2 rings (SSSR count). The molecule has 1 aromatic rings. The molecule has 1 atom stereocenters. The van der Waals surface area contributed by atoms with Crippen LogP contribution >= 0.6 is 24.0 Å². The maximum absolute atomic E-state index is 5.62. The first kappa shape index (κ1) is 26.1. The number of hydrogen-bond donors (Lipinski definition) is 2. The molecular formula is C22H39IN4O2. The van der Waals surface area contributed by atoms with Crippen LogP contribution in [-0.4, -0.2) is 70.5 Å². The summed E-state index contributed by atoms with van der Waals surface area (Å²) in [6.07, 6.45) is 3.30. The molecule has 1 fully saturated rings. The summed E-state index contributed by atoms with van der Waals surface area (Å²) in [7, 11) is 1.82. The zero-order valence-corrected chi connectivity index (χ0v) is 20.6. The molecule has 166 valence electrons. The highest BCUT2D eigenvalue weighted by Crippen LogP contribution is 2.22. The number of morpholine rings is 1. The zero-order chi connectivity index (χ0) is 20.0. The van der Waals surface area contributed by atoms with Crippen molar-refractivity contribution in [2.24, 2.45) is 4.99 Å². The number of nitrogens with one attached hydrogen (secondary N) is 2. The Morgan fingerprint density at radius 1 is 1.21 bits per heavy atom. The lowest BCUT2D eigenvalue weighted by Gasteiger charge is -2.35. The fourth-order valence-electron chi connectivity index (χ4n) is 3.37. The Kier molecular flexibility index (Phi) is 14.3. The van der Waals surface area contributed by atoms with E-state index in [1.165, 1.54) is 17.5 Å². The molecule has 1 aromatic carbocycles. The third-order valence-corrected chi connectivity index (χ3v) is 5.00. The summed E-state index contributed by atoms with van der Waals surface area (Å²) in [5, 5.41) is 6.91. The molecule has 2 N–H and O–H groups in total. The number of rotatable bonds is 11. The average Bonchev–Trinajstić information content (AvgIpc) is 2.72. The van der Waals surface area contributed by atoms with E-state index in [1.807, 2.05) is 7.05 Å². The topological polar surface area (TPSA) is 58.1 Å². The quantitative estimate of drug-likeness (QED) is 0.204. The van der Waals surface area contributed by atoms with Crippen LogP contribution in [-0.2, 0) is 9.47 Å². The summed E-state index contributed by atoms with van der Waals surface area (Å²) in [6, 6.07) is 9.10. The van der Waals surface area contributed by atoms with E-state index in [0.717, 1.165) is 71.4 Å². The van der Waals surface area contributed by atoms with E-state index in [0.29, 0.717) is 6.04 Å². The highest BCUT2D eigenvalue weighted by molar-refractivity contribution is 14.0. The predicted molar refractivity (Wildman–Crippen MR) is 131 cm³/mol. The van der Waals surface area contributed by atoms with E-state index in [1.54, 1.807) is 0 Å². The Balaban J connectivity index is 0.00000420. The monoisotopic (exact) mass is 518 g/mol. The zero-order valence-electron chi connectivity index (χ0n) is 18.3. The summed E-state index contributed by atoms with van der Waals surface area (Å²) in [5.74, 6) is 0.847. The van der Waals surface area contributed by atoms with Crippen LogP contribution in [0, 0.1) is 6.92 Å². The Hall–Kier alpha value is -0.900. The lowest BCUT2D eigenvalue weighted by molar-refractivity contribution is 0.0170. The molecule has 0 spiro atoms. The molecule has 1 heterocycles. The number of hydrogen-bond acceptors (Lipinski definition) is 4. The third kappa shape index (κ3) is 10.1. The standard InChI is InChI=1S/C22H38N4O2.HI/c1-4-5-13-27-14-7-10-24-22(23-3)25-18-21(26-11-15-28-16-12-26)20-9-6-8-19(2)17-20;/h6,8-9,17,21H,4-5,7,10-16,18H2,1-3H3,(H2,23,24,25);1H. The second-order valence-electron chi connectivity index (χ2n) is 7.28. The third-order valence-electron chi connectivity index (χ3n) is 5.00. The molecule has 7 heteroatoms. The van der Waals surface area contributed by atoms with Gasteiger partial charge in [0.25, 0.3) is 0 Å². The van der Waals surface area contributed by atoms with E-state index >= 15 is 0 Å². The van der Waals surface area contributed by atoms with Crippen LogP contribution in [0.15, 0.2) is 29.3 Å². The maximum atomic E-state index is 5.62. The average molecular weight is 518 g/mol. The number of aliphatic imine (C=N–C) groups is 1. The van der Waals surface area contributed by atoms with E-state index in [2.05, 4.69) is 58.6 Å². The van der Waals surface area contributed by atoms with E-state index in [-0.39, 0.29) is 24.0 Å². The highest BCUT2D eigenvalue weighted by Gasteiger charge is 2.23. The van der Waals surface area contributed by atoms with E-state index in [9.17, 15) is 0 Å². The normalized spacial score (nSPS) is 16.2. The number of benzene rings is 1. The molecule has 0 amide bonds. The second-order valence-corrected chi connectivity index (χ2v) is 7.28. The summed E-state index contributed by atoms with van der Waals surface area (Å²) in [6.45, 7) is 11.2. The van der Waals surface area contributed by atoms with Crippen LogP contribution in [0.4, 0.5) is 0 Å². The summed E-state index contributed by atoms with van der Waals surface area (Å²) < 4.78 is 11.2. The minimum atomic E-state index is 0. The van der Waals surface area contributed by atoms with Gasteiger partial charge in [-0.15, -0.1) is 24.0 Å². The van der Waals surface area contributed by atoms with Gasteiger partial charge in [0.15, 0.2) is 5.96 Å². The Morgan fingerprint density at radius 3 is 2.66 bits per heavy atom. The fourth-order valence-corrected chi connectivity index (χ4v) is 3.37. The molecule has 1 aliphatic rings. The molecule has 0 aromatic heterocycles. The first-order valence-corrected chi connectivity index (χ1v) is 10.6. The van der Waals surface area contributed by atoms with E-state index < -0.39 is 0 Å². The molecule has 0 radical (unpaired) electrons. The van der Waals surface area contributed by atoms with Crippen LogP contribution in [0.2, 0.25) is 0 Å². The SMILES string of the molecule is CCCCOCCCNC(=NC)NCC(c1cccc(C)c1)N1CCOCC1.I. The first-order valence-electron chi connectivity index (χ1n) is 10.6. The number of unbranched alkanes of at least 4 members (excludes halogenated alkanes) is 1. The number of guanidine groups is 1. The Bertz CT molecular complexity index is 580. The highest BCUT2D eigenvalue weighted by atomic mass is 127. The smallest absolute Gasteiger partial charge is 0.191 e. The molecule has 0 saturated carbocycles. The van der Waals surface area contributed by atoms with Crippen LogP contribution in [0.25, 0.3) is 0 Å². The van der Waals surface area contributed by atoms with Gasteiger partial charge in [0.05, 0.1) is 19.3 Å². The van der Waals surface area contributed by atoms with Crippen LogP contribution < -0.4 is 10.6 Å². The first-order chi connectivity index (χ1) is 13.7. The van der Waals surface area contributed by atoms with Crippen molar-refractivity contribution in [2.45, 2.75) is 39.2 Å². The van der Waals surface area contributed by atoms with E-state index in [4.69, 9.17) is 9.47 Å². The van der Waals surface area contributed by atoms with Crippen molar-refractivity contribution in [1.82, 2.24) is 15.5 Å². The number of aryl methyl sites for hydroxylation is 1. The van der Waals surface area contributed by atoms with Crippen LogP contribution in [0.5, 0.6) is 0 Å². The van der Waals surface area contributed by atoms with Gasteiger partial charge in [-0.25, -0.2) is 0 Å². The minimum Gasteiger partial charge on any atom is -0.381 e. The van der Waals surface area contributed by atoms with Crippen molar-refractivity contribution in [1.29, 1.82) is 0 Å².